The number of nitrogens with zero attached hydrogens (tertiary/aromatic N) is 2. The molecule has 2 atom stereocenters. The van der Waals surface area contributed by atoms with Crippen LogP contribution in [0.1, 0.15) is 18.9 Å². The van der Waals surface area contributed by atoms with Gasteiger partial charge in [0.25, 0.3) is 0 Å². The number of hydrogen-bond donors (Lipinski definition) is 1. The number of nitrogen functional groups attached to an aromatic ring is 1. The Balaban J connectivity index is 2.24. The summed E-state index contributed by atoms with van der Waals surface area (Å²) in [5, 5.41) is 8.96. The van der Waals surface area contributed by atoms with Crippen LogP contribution in [0.3, 0.4) is 0 Å². The van der Waals surface area contributed by atoms with E-state index in [0.29, 0.717) is 11.5 Å². The van der Waals surface area contributed by atoms with Crippen molar-refractivity contribution in [3.05, 3.63) is 23.8 Å². The summed E-state index contributed by atoms with van der Waals surface area (Å²) in [6, 6.07) is 7.56. The molecule has 1 aromatic carbocycles. The van der Waals surface area contributed by atoms with Gasteiger partial charge in [-0.3, -0.25) is 0 Å². The van der Waals surface area contributed by atoms with Crippen LogP contribution in [-0.2, 0) is 4.74 Å². The number of piperidine rings is 1. The highest BCUT2D eigenvalue weighted by molar-refractivity contribution is 5.70. The SMILES string of the molecule is COC1CN(c2cc(C#N)ccc2N)CCC1C. The van der Waals surface area contributed by atoms with Gasteiger partial charge in [0.2, 0.25) is 0 Å². The van der Waals surface area contributed by atoms with Gasteiger partial charge < -0.3 is 15.4 Å². The monoisotopic (exact) mass is 245 g/mol. The van der Waals surface area contributed by atoms with Gasteiger partial charge in [-0.15, -0.1) is 0 Å². The van der Waals surface area contributed by atoms with E-state index < -0.39 is 0 Å². The number of rotatable bonds is 2. The minimum atomic E-state index is 0.226. The van der Waals surface area contributed by atoms with Crippen LogP contribution in [0, 0.1) is 17.2 Å². The molecule has 2 unspecified atom stereocenters. The molecular formula is C14H19N3O. The van der Waals surface area contributed by atoms with Gasteiger partial charge >= 0.3 is 0 Å². The fraction of sp³-hybridized carbons (Fsp3) is 0.500. The Morgan fingerprint density at radius 2 is 2.28 bits per heavy atom. The molecular weight excluding hydrogens is 226 g/mol. The minimum Gasteiger partial charge on any atom is -0.397 e. The first-order chi connectivity index (χ1) is 8.65. The fourth-order valence-corrected chi connectivity index (χ4v) is 2.45. The van der Waals surface area contributed by atoms with Crippen molar-refractivity contribution in [3.63, 3.8) is 0 Å². The standard InChI is InChI=1S/C14H19N3O/c1-10-5-6-17(9-14(10)18-2)13-7-11(8-15)3-4-12(13)16/h3-4,7,10,14H,5-6,9,16H2,1-2H3. The van der Waals surface area contributed by atoms with Crippen molar-refractivity contribution >= 4 is 11.4 Å². The van der Waals surface area contributed by atoms with Crippen molar-refractivity contribution in [2.24, 2.45) is 5.92 Å². The smallest absolute Gasteiger partial charge is 0.0992 e. The molecule has 18 heavy (non-hydrogen) atoms. The van der Waals surface area contributed by atoms with Crippen molar-refractivity contribution in [1.82, 2.24) is 0 Å². The lowest BCUT2D eigenvalue weighted by Crippen LogP contribution is -2.44. The maximum absolute atomic E-state index is 8.96. The summed E-state index contributed by atoms with van der Waals surface area (Å²) in [6.07, 6.45) is 1.30. The zero-order valence-corrected chi connectivity index (χ0v) is 10.9. The largest absolute Gasteiger partial charge is 0.397 e. The molecule has 96 valence electrons. The lowest BCUT2D eigenvalue weighted by molar-refractivity contribution is 0.0499. The molecule has 0 spiro atoms. The molecule has 0 bridgehead atoms. The molecule has 2 rings (SSSR count). The van der Waals surface area contributed by atoms with Gasteiger partial charge in [0, 0.05) is 20.2 Å². The van der Waals surface area contributed by atoms with Gasteiger partial charge in [-0.05, 0) is 30.5 Å². The van der Waals surface area contributed by atoms with Crippen LogP contribution in [0.2, 0.25) is 0 Å². The van der Waals surface area contributed by atoms with Crippen molar-refractivity contribution in [3.8, 4) is 6.07 Å². The molecule has 1 saturated heterocycles. The zero-order chi connectivity index (χ0) is 13.1. The van der Waals surface area contributed by atoms with E-state index in [9.17, 15) is 0 Å². The summed E-state index contributed by atoms with van der Waals surface area (Å²) >= 11 is 0. The predicted molar refractivity (Wildman–Crippen MR) is 72.4 cm³/mol. The van der Waals surface area contributed by atoms with Gasteiger partial charge in [-0.25, -0.2) is 0 Å². The number of ether oxygens (including phenoxy) is 1. The molecule has 1 fully saturated rings. The highest BCUT2D eigenvalue weighted by atomic mass is 16.5. The quantitative estimate of drug-likeness (QED) is 0.809. The van der Waals surface area contributed by atoms with Gasteiger partial charge in [0.05, 0.1) is 29.1 Å². The number of nitrogens with two attached hydrogens (primary N) is 1. The lowest BCUT2D eigenvalue weighted by Gasteiger charge is -2.38. The topological polar surface area (TPSA) is 62.3 Å². The van der Waals surface area contributed by atoms with E-state index >= 15 is 0 Å². The van der Waals surface area contributed by atoms with Gasteiger partial charge in [0.1, 0.15) is 0 Å². The first kappa shape index (κ1) is 12.7. The summed E-state index contributed by atoms with van der Waals surface area (Å²) < 4.78 is 5.50. The minimum absolute atomic E-state index is 0.226. The van der Waals surface area contributed by atoms with Gasteiger partial charge in [0.15, 0.2) is 0 Å². The van der Waals surface area contributed by atoms with Crippen LogP contribution in [0.15, 0.2) is 18.2 Å². The molecule has 1 aromatic rings. The van der Waals surface area contributed by atoms with Crippen LogP contribution in [0.4, 0.5) is 11.4 Å². The average Bonchev–Trinajstić information content (AvgIpc) is 2.40. The Morgan fingerprint density at radius 3 is 2.94 bits per heavy atom. The summed E-state index contributed by atoms with van der Waals surface area (Å²) in [4.78, 5) is 2.21. The third-order valence-corrected chi connectivity index (χ3v) is 3.69. The Kier molecular flexibility index (Phi) is 3.73. The van der Waals surface area contributed by atoms with E-state index in [1.54, 1.807) is 19.2 Å². The molecule has 0 saturated carbocycles. The lowest BCUT2D eigenvalue weighted by atomic mass is 9.95. The Labute approximate surface area is 108 Å². The first-order valence-electron chi connectivity index (χ1n) is 6.23. The molecule has 4 nitrogen and oxygen atoms in total. The van der Waals surface area contributed by atoms with E-state index in [-0.39, 0.29) is 6.10 Å². The summed E-state index contributed by atoms with van der Waals surface area (Å²) in [6.45, 7) is 4.00. The maximum Gasteiger partial charge on any atom is 0.0992 e. The van der Waals surface area contributed by atoms with Crippen molar-refractivity contribution < 1.29 is 4.74 Å². The average molecular weight is 245 g/mol. The van der Waals surface area contributed by atoms with Crippen molar-refractivity contribution in [2.75, 3.05) is 30.8 Å². The third kappa shape index (κ3) is 2.41. The molecule has 0 aromatic heterocycles. The molecule has 4 heteroatoms. The summed E-state index contributed by atoms with van der Waals surface area (Å²) in [5.41, 5.74) is 8.32. The number of methoxy groups -OCH3 is 1. The number of benzene rings is 1. The highest BCUT2D eigenvalue weighted by Gasteiger charge is 2.27. The maximum atomic E-state index is 8.96. The Hall–Kier alpha value is -1.73. The molecule has 1 aliphatic heterocycles. The highest BCUT2D eigenvalue weighted by Crippen LogP contribution is 2.29. The summed E-state index contributed by atoms with van der Waals surface area (Å²) in [5.74, 6) is 0.562. The van der Waals surface area contributed by atoms with E-state index in [1.165, 1.54) is 0 Å². The van der Waals surface area contributed by atoms with Crippen molar-refractivity contribution in [2.45, 2.75) is 19.4 Å². The molecule has 1 aliphatic rings. The van der Waals surface area contributed by atoms with E-state index in [2.05, 4.69) is 17.9 Å². The molecule has 0 aliphatic carbocycles. The van der Waals surface area contributed by atoms with Crippen LogP contribution in [0.5, 0.6) is 0 Å². The zero-order valence-electron chi connectivity index (χ0n) is 10.9. The third-order valence-electron chi connectivity index (χ3n) is 3.69. The van der Waals surface area contributed by atoms with Crippen LogP contribution in [0.25, 0.3) is 0 Å². The number of hydrogen-bond acceptors (Lipinski definition) is 4. The Bertz CT molecular complexity index is 467. The second kappa shape index (κ2) is 5.28. The second-order valence-electron chi connectivity index (χ2n) is 4.87. The van der Waals surface area contributed by atoms with Crippen LogP contribution < -0.4 is 10.6 Å². The normalized spacial score (nSPS) is 23.7. The molecule has 2 N–H and O–H groups in total. The second-order valence-corrected chi connectivity index (χ2v) is 4.87. The first-order valence-corrected chi connectivity index (χ1v) is 6.23. The van der Waals surface area contributed by atoms with Crippen molar-refractivity contribution in [1.29, 1.82) is 5.26 Å². The fourth-order valence-electron chi connectivity index (χ4n) is 2.45. The van der Waals surface area contributed by atoms with Gasteiger partial charge in [-0.2, -0.15) is 5.26 Å². The predicted octanol–water partition coefficient (Wildman–Crippen LogP) is 2.00. The summed E-state index contributed by atoms with van der Waals surface area (Å²) in [7, 11) is 1.75. The van der Waals surface area contributed by atoms with E-state index in [4.69, 9.17) is 15.7 Å². The Morgan fingerprint density at radius 1 is 1.50 bits per heavy atom. The van der Waals surface area contributed by atoms with Crippen LogP contribution in [-0.4, -0.2) is 26.3 Å². The van der Waals surface area contributed by atoms with E-state index in [0.717, 1.165) is 30.9 Å². The van der Waals surface area contributed by atoms with E-state index in [1.807, 2.05) is 6.07 Å². The van der Waals surface area contributed by atoms with Gasteiger partial charge in [-0.1, -0.05) is 6.92 Å². The number of anilines is 2. The molecule has 0 radical (unpaired) electrons. The molecule has 0 amide bonds. The number of nitriles is 1. The van der Waals surface area contributed by atoms with Crippen LogP contribution >= 0.6 is 0 Å². The molecule has 1 heterocycles.